The standard InChI is InChI=1S/C14H15NOS/c1-15-14(11-6-7-16-9-11)13-8-10-4-2-3-5-12(10)17-13/h2-7,9,13-15H,8H2,1H3. The largest absolute Gasteiger partial charge is 0.472 e. The smallest absolute Gasteiger partial charge is 0.0950 e. The molecule has 1 aliphatic heterocycles. The van der Waals surface area contributed by atoms with Gasteiger partial charge in [0.1, 0.15) is 0 Å². The number of nitrogens with one attached hydrogen (secondary N) is 1. The van der Waals surface area contributed by atoms with E-state index in [4.69, 9.17) is 4.42 Å². The summed E-state index contributed by atoms with van der Waals surface area (Å²) in [7, 11) is 2.02. The van der Waals surface area contributed by atoms with Crippen LogP contribution in [0, 0.1) is 0 Å². The van der Waals surface area contributed by atoms with Gasteiger partial charge in [-0.3, -0.25) is 0 Å². The van der Waals surface area contributed by atoms with Crippen molar-refractivity contribution in [3.05, 3.63) is 54.0 Å². The van der Waals surface area contributed by atoms with Gasteiger partial charge in [-0.15, -0.1) is 11.8 Å². The molecule has 2 nitrogen and oxygen atoms in total. The van der Waals surface area contributed by atoms with Gasteiger partial charge in [0.25, 0.3) is 0 Å². The molecule has 0 bridgehead atoms. The molecule has 1 aliphatic rings. The molecule has 2 unspecified atom stereocenters. The van der Waals surface area contributed by atoms with Crippen molar-refractivity contribution in [2.75, 3.05) is 7.05 Å². The number of furan rings is 1. The van der Waals surface area contributed by atoms with Crippen LogP contribution in [-0.4, -0.2) is 12.3 Å². The Bertz CT molecular complexity index is 470. The second-order valence-electron chi connectivity index (χ2n) is 4.29. The average molecular weight is 245 g/mol. The zero-order valence-electron chi connectivity index (χ0n) is 9.72. The van der Waals surface area contributed by atoms with Gasteiger partial charge in [0.05, 0.1) is 12.5 Å². The van der Waals surface area contributed by atoms with E-state index in [-0.39, 0.29) is 0 Å². The van der Waals surface area contributed by atoms with E-state index in [1.807, 2.05) is 31.1 Å². The Balaban J connectivity index is 1.83. The number of thioether (sulfide) groups is 1. The molecule has 0 fully saturated rings. The quantitative estimate of drug-likeness (QED) is 0.898. The van der Waals surface area contributed by atoms with Crippen LogP contribution in [0.15, 0.2) is 52.2 Å². The molecule has 0 amide bonds. The van der Waals surface area contributed by atoms with Crippen molar-refractivity contribution in [1.82, 2.24) is 5.32 Å². The first-order chi connectivity index (χ1) is 8.38. The van der Waals surface area contributed by atoms with Gasteiger partial charge in [-0.05, 0) is 31.2 Å². The molecule has 2 aromatic rings. The minimum absolute atomic E-state index is 0.353. The van der Waals surface area contributed by atoms with E-state index in [9.17, 15) is 0 Å². The molecule has 0 radical (unpaired) electrons. The van der Waals surface area contributed by atoms with Crippen LogP contribution in [-0.2, 0) is 6.42 Å². The molecule has 3 rings (SSSR count). The first kappa shape index (κ1) is 10.9. The molecular formula is C14H15NOS. The van der Waals surface area contributed by atoms with E-state index < -0.39 is 0 Å². The van der Waals surface area contributed by atoms with E-state index in [1.165, 1.54) is 16.0 Å². The van der Waals surface area contributed by atoms with Gasteiger partial charge >= 0.3 is 0 Å². The van der Waals surface area contributed by atoms with Crippen LogP contribution < -0.4 is 5.32 Å². The van der Waals surface area contributed by atoms with E-state index in [1.54, 1.807) is 6.26 Å². The summed E-state index contributed by atoms with van der Waals surface area (Å²) < 4.78 is 5.18. The zero-order valence-corrected chi connectivity index (χ0v) is 10.5. The number of hydrogen-bond donors (Lipinski definition) is 1. The van der Waals surface area contributed by atoms with Crippen LogP contribution in [0.3, 0.4) is 0 Å². The molecule has 0 saturated heterocycles. The van der Waals surface area contributed by atoms with Crippen molar-refractivity contribution >= 4 is 11.8 Å². The summed E-state index contributed by atoms with van der Waals surface area (Å²) >= 11 is 1.96. The summed E-state index contributed by atoms with van der Waals surface area (Å²) in [5.41, 5.74) is 2.70. The number of hydrogen-bond acceptors (Lipinski definition) is 3. The third-order valence-electron chi connectivity index (χ3n) is 3.26. The predicted octanol–water partition coefficient (Wildman–Crippen LogP) is 3.26. The van der Waals surface area contributed by atoms with Gasteiger partial charge in [0, 0.05) is 21.8 Å². The fraction of sp³-hybridized carbons (Fsp3) is 0.286. The Morgan fingerprint density at radius 1 is 1.35 bits per heavy atom. The first-order valence-electron chi connectivity index (χ1n) is 5.82. The van der Waals surface area contributed by atoms with Crippen LogP contribution in [0.5, 0.6) is 0 Å². The summed E-state index contributed by atoms with van der Waals surface area (Å²) in [5, 5.41) is 3.95. The highest BCUT2D eigenvalue weighted by atomic mass is 32.2. The van der Waals surface area contributed by atoms with Crippen LogP contribution in [0.1, 0.15) is 17.2 Å². The molecule has 88 valence electrons. The molecule has 0 spiro atoms. The highest BCUT2D eigenvalue weighted by Crippen LogP contribution is 2.42. The highest BCUT2D eigenvalue weighted by molar-refractivity contribution is 8.00. The number of benzene rings is 1. The van der Waals surface area contributed by atoms with Crippen molar-refractivity contribution in [1.29, 1.82) is 0 Å². The molecule has 0 aliphatic carbocycles. The van der Waals surface area contributed by atoms with E-state index >= 15 is 0 Å². The summed E-state index contributed by atoms with van der Waals surface area (Å²) in [4.78, 5) is 1.42. The molecular weight excluding hydrogens is 230 g/mol. The van der Waals surface area contributed by atoms with Crippen LogP contribution in [0.25, 0.3) is 0 Å². The van der Waals surface area contributed by atoms with Gasteiger partial charge < -0.3 is 9.73 Å². The molecule has 17 heavy (non-hydrogen) atoms. The topological polar surface area (TPSA) is 25.2 Å². The lowest BCUT2D eigenvalue weighted by Gasteiger charge is -2.20. The van der Waals surface area contributed by atoms with Gasteiger partial charge in [-0.25, -0.2) is 0 Å². The van der Waals surface area contributed by atoms with Gasteiger partial charge in [-0.2, -0.15) is 0 Å². The fourth-order valence-corrected chi connectivity index (χ4v) is 3.89. The van der Waals surface area contributed by atoms with E-state index in [2.05, 4.69) is 29.6 Å². The predicted molar refractivity (Wildman–Crippen MR) is 70.3 cm³/mol. The average Bonchev–Trinajstić information content (AvgIpc) is 2.98. The SMILES string of the molecule is CNC(c1ccoc1)C1Cc2ccccc2S1. The van der Waals surface area contributed by atoms with Gasteiger partial charge in [0.15, 0.2) is 0 Å². The lowest BCUT2D eigenvalue weighted by Crippen LogP contribution is -2.26. The third kappa shape index (κ3) is 2.01. The second-order valence-corrected chi connectivity index (χ2v) is 5.57. The Hall–Kier alpha value is -1.19. The zero-order chi connectivity index (χ0) is 11.7. The molecule has 0 saturated carbocycles. The summed E-state index contributed by atoms with van der Waals surface area (Å²) in [5.74, 6) is 0. The summed E-state index contributed by atoms with van der Waals surface area (Å²) in [6, 6.07) is 11.1. The van der Waals surface area contributed by atoms with Crippen molar-refractivity contribution in [3.8, 4) is 0 Å². The number of fused-ring (bicyclic) bond motifs is 1. The van der Waals surface area contributed by atoms with E-state index in [0.717, 1.165) is 6.42 Å². The van der Waals surface area contributed by atoms with Gasteiger partial charge in [-0.1, -0.05) is 18.2 Å². The Kier molecular flexibility index (Phi) is 2.95. The Morgan fingerprint density at radius 3 is 2.94 bits per heavy atom. The second kappa shape index (κ2) is 4.59. The Labute approximate surface area is 105 Å². The van der Waals surface area contributed by atoms with Gasteiger partial charge in [0.2, 0.25) is 0 Å². The molecule has 3 heteroatoms. The summed E-state index contributed by atoms with van der Waals surface area (Å²) in [6.07, 6.45) is 4.70. The van der Waals surface area contributed by atoms with Crippen LogP contribution in [0.4, 0.5) is 0 Å². The minimum Gasteiger partial charge on any atom is -0.472 e. The fourth-order valence-electron chi connectivity index (χ4n) is 2.41. The van der Waals surface area contributed by atoms with Crippen molar-refractivity contribution in [2.24, 2.45) is 0 Å². The monoisotopic (exact) mass is 245 g/mol. The third-order valence-corrected chi connectivity index (χ3v) is 4.65. The lowest BCUT2D eigenvalue weighted by atomic mass is 10.0. The highest BCUT2D eigenvalue weighted by Gasteiger charge is 2.29. The first-order valence-corrected chi connectivity index (χ1v) is 6.70. The molecule has 1 N–H and O–H groups in total. The van der Waals surface area contributed by atoms with Crippen molar-refractivity contribution < 1.29 is 4.42 Å². The molecule has 2 atom stereocenters. The maximum atomic E-state index is 5.18. The van der Waals surface area contributed by atoms with Crippen molar-refractivity contribution in [2.45, 2.75) is 22.6 Å². The maximum absolute atomic E-state index is 5.18. The minimum atomic E-state index is 0.353. The normalized spacial score (nSPS) is 20.2. The Morgan fingerprint density at radius 2 is 2.24 bits per heavy atom. The van der Waals surface area contributed by atoms with Crippen LogP contribution >= 0.6 is 11.8 Å². The van der Waals surface area contributed by atoms with Crippen molar-refractivity contribution in [3.63, 3.8) is 0 Å². The number of rotatable bonds is 3. The lowest BCUT2D eigenvalue weighted by molar-refractivity contribution is 0.534. The van der Waals surface area contributed by atoms with Crippen LogP contribution in [0.2, 0.25) is 0 Å². The molecule has 1 aromatic heterocycles. The van der Waals surface area contributed by atoms with E-state index in [0.29, 0.717) is 11.3 Å². The molecule has 2 heterocycles. The summed E-state index contributed by atoms with van der Waals surface area (Å²) in [6.45, 7) is 0. The molecule has 1 aromatic carbocycles. The maximum Gasteiger partial charge on any atom is 0.0950 e.